The number of aromatic carboxylic acids is 1. The molecule has 0 saturated heterocycles. The number of fused-ring (bicyclic) bond motifs is 1. The van der Waals surface area contributed by atoms with Gasteiger partial charge in [0, 0.05) is 24.5 Å². The number of hydrogen-bond acceptors (Lipinski definition) is 14. The quantitative estimate of drug-likeness (QED) is 0.110. The zero-order valence-electron chi connectivity index (χ0n) is 26.7. The Kier molecular flexibility index (Phi) is 10.1. The third kappa shape index (κ3) is 8.05. The molecule has 51 heavy (non-hydrogen) atoms. The monoisotopic (exact) mass is 693 g/mol. The van der Waals surface area contributed by atoms with Gasteiger partial charge in [0.2, 0.25) is 0 Å². The normalized spacial score (nSPS) is 10.8. The molecule has 6 aromatic rings. The molecule has 4 aromatic heterocycles. The van der Waals surface area contributed by atoms with Crippen molar-refractivity contribution < 1.29 is 38.5 Å². The van der Waals surface area contributed by atoms with Crippen LogP contribution in [0.25, 0.3) is 11.5 Å². The zero-order valence-corrected chi connectivity index (χ0v) is 26.7. The summed E-state index contributed by atoms with van der Waals surface area (Å²) in [6.07, 6.45) is 5.90. The van der Waals surface area contributed by atoms with Crippen LogP contribution in [0, 0.1) is 0 Å². The smallest absolute Gasteiger partial charge is 0.339 e. The number of anilines is 2. The van der Waals surface area contributed by atoms with Crippen molar-refractivity contribution in [3.05, 3.63) is 102 Å². The SMILES string of the molecule is COC(=O)c1ccc(OCCCCOc2ccc(C(=O)O)c(NC(=O)c3ccc(-n4ccnc4)nn3)c2)cc1NC(=O)c1ccc2nnnn2n1. The molecule has 4 heterocycles. The summed E-state index contributed by atoms with van der Waals surface area (Å²) in [6, 6.07) is 14.8. The molecule has 0 aliphatic carbocycles. The molecular formula is C32H27N11O8. The third-order valence-corrected chi connectivity index (χ3v) is 7.14. The number of benzene rings is 2. The molecule has 0 unspecified atom stereocenters. The van der Waals surface area contributed by atoms with E-state index in [2.05, 4.69) is 46.4 Å². The van der Waals surface area contributed by atoms with Gasteiger partial charge in [0.05, 0.1) is 42.8 Å². The van der Waals surface area contributed by atoms with Crippen molar-refractivity contribution in [3.63, 3.8) is 0 Å². The average Bonchev–Trinajstić information content (AvgIpc) is 3.86. The number of rotatable bonds is 14. The van der Waals surface area contributed by atoms with Crippen molar-refractivity contribution in [1.29, 1.82) is 0 Å². The van der Waals surface area contributed by atoms with E-state index >= 15 is 0 Å². The van der Waals surface area contributed by atoms with Crippen LogP contribution >= 0.6 is 0 Å². The maximum Gasteiger partial charge on any atom is 0.339 e. The summed E-state index contributed by atoms with van der Waals surface area (Å²) in [5, 5.41) is 37.8. The summed E-state index contributed by atoms with van der Waals surface area (Å²) >= 11 is 0. The Morgan fingerprint density at radius 2 is 1.45 bits per heavy atom. The molecule has 6 rings (SSSR count). The molecular weight excluding hydrogens is 666 g/mol. The summed E-state index contributed by atoms with van der Waals surface area (Å²) in [5.41, 5.74) is 0.497. The van der Waals surface area contributed by atoms with Gasteiger partial charge in [-0.15, -0.1) is 25.0 Å². The van der Waals surface area contributed by atoms with Gasteiger partial charge < -0.3 is 30.0 Å². The summed E-state index contributed by atoms with van der Waals surface area (Å²) in [4.78, 5) is 53.9. The van der Waals surface area contributed by atoms with Crippen molar-refractivity contribution in [2.45, 2.75) is 12.8 Å². The van der Waals surface area contributed by atoms with E-state index in [9.17, 15) is 24.3 Å². The Balaban J connectivity index is 1.02. The van der Waals surface area contributed by atoms with E-state index in [1.807, 2.05) is 0 Å². The summed E-state index contributed by atoms with van der Waals surface area (Å²) in [7, 11) is 1.23. The van der Waals surface area contributed by atoms with Crippen LogP contribution in [0.15, 0.2) is 79.4 Å². The first-order valence-corrected chi connectivity index (χ1v) is 15.1. The summed E-state index contributed by atoms with van der Waals surface area (Å²) in [5.74, 6) is -1.98. The minimum atomic E-state index is -1.24. The van der Waals surface area contributed by atoms with Gasteiger partial charge >= 0.3 is 11.9 Å². The van der Waals surface area contributed by atoms with E-state index in [-0.39, 0.29) is 47.1 Å². The van der Waals surface area contributed by atoms with Crippen LogP contribution in [0.5, 0.6) is 11.5 Å². The number of methoxy groups -OCH3 is 1. The van der Waals surface area contributed by atoms with Gasteiger partial charge in [0.15, 0.2) is 22.9 Å². The standard InChI is InChI=1S/C32H27N11O8/c1-49-32(48)22-7-5-20(17-26(22)35-30(45)24-9-11-28-38-40-41-43(28)39-24)51-15-3-2-14-50-19-4-6-21(31(46)47)25(16-19)34-29(44)23-8-10-27(37-36-23)42-13-12-33-18-42/h4-13,16-18H,2-3,14-15H2,1H3,(H,34,44)(H,35,45)(H,46,47). The molecule has 2 aromatic carbocycles. The second kappa shape index (κ2) is 15.3. The van der Waals surface area contributed by atoms with Crippen LogP contribution in [0.2, 0.25) is 0 Å². The Morgan fingerprint density at radius 1 is 0.784 bits per heavy atom. The largest absolute Gasteiger partial charge is 0.494 e. The van der Waals surface area contributed by atoms with E-state index in [1.54, 1.807) is 29.1 Å². The third-order valence-electron chi connectivity index (χ3n) is 7.14. The Labute approximate surface area is 287 Å². The highest BCUT2D eigenvalue weighted by atomic mass is 16.5. The molecule has 0 bridgehead atoms. The summed E-state index contributed by atoms with van der Waals surface area (Å²) < 4.78 is 19.2. The molecule has 0 atom stereocenters. The lowest BCUT2D eigenvalue weighted by molar-refractivity contribution is 0.0600. The topological polar surface area (TPSA) is 240 Å². The predicted molar refractivity (Wildman–Crippen MR) is 175 cm³/mol. The van der Waals surface area contributed by atoms with Crippen LogP contribution in [0.1, 0.15) is 54.5 Å². The number of imidazole rings is 1. The molecule has 0 saturated carbocycles. The zero-order chi connectivity index (χ0) is 35.7. The minimum Gasteiger partial charge on any atom is -0.494 e. The first-order valence-electron chi connectivity index (χ1n) is 15.1. The van der Waals surface area contributed by atoms with E-state index < -0.39 is 23.8 Å². The Morgan fingerprint density at radius 3 is 2.08 bits per heavy atom. The lowest BCUT2D eigenvalue weighted by atomic mass is 10.1. The fourth-order valence-corrected chi connectivity index (χ4v) is 4.61. The first-order chi connectivity index (χ1) is 24.8. The molecule has 0 aliphatic rings. The number of nitrogens with one attached hydrogen (secondary N) is 2. The van der Waals surface area contributed by atoms with Crippen LogP contribution in [-0.4, -0.2) is 94.2 Å². The molecule has 19 heteroatoms. The van der Waals surface area contributed by atoms with Crippen molar-refractivity contribution in [2.75, 3.05) is 31.0 Å². The predicted octanol–water partition coefficient (Wildman–Crippen LogP) is 2.72. The van der Waals surface area contributed by atoms with Crippen molar-refractivity contribution in [3.8, 4) is 17.3 Å². The fourth-order valence-electron chi connectivity index (χ4n) is 4.61. The van der Waals surface area contributed by atoms with E-state index in [0.29, 0.717) is 35.8 Å². The second-order valence-corrected chi connectivity index (χ2v) is 10.5. The molecule has 0 fully saturated rings. The number of unbranched alkanes of at least 4 members (excludes halogenated alkanes) is 1. The molecule has 3 N–H and O–H groups in total. The fraction of sp³-hybridized carbons (Fsp3) is 0.156. The van der Waals surface area contributed by atoms with Crippen LogP contribution < -0.4 is 20.1 Å². The number of carboxylic acid groups (broad SMARTS) is 1. The molecule has 0 radical (unpaired) electrons. The Hall–Kier alpha value is -7.31. The number of carbonyl (C=O) groups is 4. The number of aromatic nitrogens is 9. The first kappa shape index (κ1) is 33.6. The average molecular weight is 694 g/mol. The van der Waals surface area contributed by atoms with Crippen molar-refractivity contribution >= 4 is 40.8 Å². The molecule has 0 spiro atoms. The van der Waals surface area contributed by atoms with E-state index in [1.165, 1.54) is 62.0 Å². The van der Waals surface area contributed by atoms with Gasteiger partial charge in [-0.05, 0) is 71.8 Å². The molecule has 0 aliphatic heterocycles. The van der Waals surface area contributed by atoms with Gasteiger partial charge in [0.25, 0.3) is 11.8 Å². The Bertz CT molecular complexity index is 2210. The highest BCUT2D eigenvalue weighted by molar-refractivity contribution is 6.08. The van der Waals surface area contributed by atoms with Gasteiger partial charge in [-0.1, -0.05) is 0 Å². The number of esters is 1. The molecule has 19 nitrogen and oxygen atoms in total. The maximum absolute atomic E-state index is 12.9. The molecule has 258 valence electrons. The minimum absolute atomic E-state index is 0.00938. The van der Waals surface area contributed by atoms with Crippen LogP contribution in [0.4, 0.5) is 11.4 Å². The number of amides is 2. The number of tetrazole rings is 1. The van der Waals surface area contributed by atoms with Crippen molar-refractivity contribution in [1.82, 2.24) is 45.0 Å². The van der Waals surface area contributed by atoms with E-state index in [4.69, 9.17) is 14.2 Å². The highest BCUT2D eigenvalue weighted by Gasteiger charge is 2.19. The second-order valence-electron chi connectivity index (χ2n) is 10.5. The van der Waals surface area contributed by atoms with Crippen LogP contribution in [0.3, 0.4) is 0 Å². The van der Waals surface area contributed by atoms with Gasteiger partial charge in [-0.2, -0.15) is 0 Å². The number of carboxylic acids is 1. The maximum atomic E-state index is 12.9. The van der Waals surface area contributed by atoms with Crippen LogP contribution in [-0.2, 0) is 4.74 Å². The lowest BCUT2D eigenvalue weighted by Gasteiger charge is -2.13. The lowest BCUT2D eigenvalue weighted by Crippen LogP contribution is -2.18. The summed E-state index contributed by atoms with van der Waals surface area (Å²) in [6.45, 7) is 0.525. The number of carbonyl (C=O) groups excluding carboxylic acids is 3. The molecule has 2 amide bonds. The number of hydrogen-bond donors (Lipinski definition) is 3. The van der Waals surface area contributed by atoms with Crippen molar-refractivity contribution in [2.24, 2.45) is 0 Å². The van der Waals surface area contributed by atoms with E-state index in [0.717, 1.165) is 4.63 Å². The van der Waals surface area contributed by atoms with Gasteiger partial charge in [-0.25, -0.2) is 14.6 Å². The number of ether oxygens (including phenoxy) is 3. The van der Waals surface area contributed by atoms with Gasteiger partial charge in [-0.3, -0.25) is 14.2 Å². The van der Waals surface area contributed by atoms with Gasteiger partial charge in [0.1, 0.15) is 17.8 Å². The highest BCUT2D eigenvalue weighted by Crippen LogP contribution is 2.26. The number of nitrogens with zero attached hydrogens (tertiary/aromatic N) is 9.